The van der Waals surface area contributed by atoms with E-state index in [1.807, 2.05) is 57.2 Å². The van der Waals surface area contributed by atoms with Crippen LogP contribution in [0.25, 0.3) is 0 Å². The van der Waals surface area contributed by atoms with Gasteiger partial charge in [0.15, 0.2) is 34.7 Å². The third-order valence-corrected chi connectivity index (χ3v) is 12.4. The molecule has 0 aromatic heterocycles. The zero-order chi connectivity index (χ0) is 51.8. The minimum absolute atomic E-state index is 0.00927. The van der Waals surface area contributed by atoms with Crippen LogP contribution >= 0.6 is 11.6 Å². The standard InChI is InChI=1S/C14H21FO3S.2C14H19FO2.C13H19ClO2/c1-14(2,3)11-6-7-13(12(15)10-11)18-8-5-9-19(4,16)17;2*1-14(2,3)10-4-5-13(12(15)8-10)17-11-6-7-16-9-11;1-13(2,3)10-5-6-11(14)12(9-10)16-8-7-15-4/h6-7,10H,5,8-9H2,1-4H3;2*4-5,8,11H,6-7,9H2,1-3H3;5-6,9H,7-8H2,1-4H3/t;11-;;/m.1../s1. The predicted octanol–water partition coefficient (Wildman–Crippen LogP) is 13.2. The predicted molar refractivity (Wildman–Crippen MR) is 272 cm³/mol. The van der Waals surface area contributed by atoms with Crippen LogP contribution in [-0.2, 0) is 45.7 Å². The van der Waals surface area contributed by atoms with E-state index in [0.717, 1.165) is 35.3 Å². The maximum Gasteiger partial charge on any atom is 0.165 e. The summed E-state index contributed by atoms with van der Waals surface area (Å²) in [6, 6.07) is 21.2. The Morgan fingerprint density at radius 3 is 1.28 bits per heavy atom. The number of ether oxygens (including phenoxy) is 7. The number of methoxy groups -OCH3 is 1. The number of benzene rings is 4. The van der Waals surface area contributed by atoms with E-state index < -0.39 is 15.7 Å². The molecular formula is C55H78ClF3O9S. The smallest absolute Gasteiger partial charge is 0.165 e. The van der Waals surface area contributed by atoms with Crippen molar-refractivity contribution >= 4 is 21.4 Å². The molecule has 0 bridgehead atoms. The van der Waals surface area contributed by atoms with Crippen molar-refractivity contribution in [3.63, 3.8) is 0 Å². The Morgan fingerprint density at radius 1 is 0.551 bits per heavy atom. The van der Waals surface area contributed by atoms with Gasteiger partial charge in [-0.1, -0.05) is 119 Å². The summed E-state index contributed by atoms with van der Waals surface area (Å²) in [5.41, 5.74) is 3.96. The molecule has 0 spiro atoms. The first-order valence-corrected chi connectivity index (χ1v) is 26.0. The Morgan fingerprint density at radius 2 is 0.928 bits per heavy atom. The van der Waals surface area contributed by atoms with Crippen LogP contribution in [0.5, 0.6) is 23.0 Å². The molecule has 0 N–H and O–H groups in total. The maximum absolute atomic E-state index is 13.9. The summed E-state index contributed by atoms with van der Waals surface area (Å²) in [6.45, 7) is 28.7. The Bertz CT molecular complexity index is 2220. The van der Waals surface area contributed by atoms with Gasteiger partial charge in [-0.2, -0.15) is 0 Å². The van der Waals surface area contributed by atoms with E-state index >= 15 is 0 Å². The molecule has 2 fully saturated rings. The molecule has 14 heteroatoms. The Kier molecular flexibility index (Phi) is 22.7. The van der Waals surface area contributed by atoms with Gasteiger partial charge in [-0.15, -0.1) is 0 Å². The van der Waals surface area contributed by atoms with Gasteiger partial charge in [0.1, 0.15) is 34.4 Å². The van der Waals surface area contributed by atoms with Crippen LogP contribution in [0.3, 0.4) is 0 Å². The highest BCUT2D eigenvalue weighted by atomic mass is 35.5. The summed E-state index contributed by atoms with van der Waals surface area (Å²) < 4.78 is 101. The van der Waals surface area contributed by atoms with Gasteiger partial charge in [0.05, 0.1) is 50.4 Å². The van der Waals surface area contributed by atoms with Crippen molar-refractivity contribution in [1.82, 2.24) is 0 Å². The van der Waals surface area contributed by atoms with Gasteiger partial charge in [-0.25, -0.2) is 21.6 Å². The summed E-state index contributed by atoms with van der Waals surface area (Å²) in [4.78, 5) is 0. The SMILES string of the molecule is CC(C)(C)c1ccc(OC2CCOC2)c(F)c1.CC(C)(C)c1ccc(OCCCS(C)(=O)=O)c(F)c1.CC(C)(C)c1ccc(O[C@@H]2CCOC2)c(F)c1.COCCOc1cc(C(C)(C)C)ccc1Cl. The highest BCUT2D eigenvalue weighted by molar-refractivity contribution is 7.90. The molecule has 2 saturated heterocycles. The molecule has 0 aliphatic carbocycles. The molecule has 6 rings (SSSR count). The highest BCUT2D eigenvalue weighted by Crippen LogP contribution is 2.33. The van der Waals surface area contributed by atoms with E-state index in [0.29, 0.717) is 62.6 Å². The molecule has 2 aliphatic heterocycles. The van der Waals surface area contributed by atoms with Crippen molar-refractivity contribution in [2.24, 2.45) is 0 Å². The molecule has 4 aromatic rings. The summed E-state index contributed by atoms with van der Waals surface area (Å²) in [7, 11) is -1.34. The second kappa shape index (κ2) is 26.4. The molecular weight excluding hydrogens is 929 g/mol. The molecule has 4 aromatic carbocycles. The fourth-order valence-corrected chi connectivity index (χ4v) is 7.41. The largest absolute Gasteiger partial charge is 0.490 e. The van der Waals surface area contributed by atoms with Crippen LogP contribution in [0, 0.1) is 17.5 Å². The first-order valence-electron chi connectivity index (χ1n) is 23.6. The van der Waals surface area contributed by atoms with Gasteiger partial charge in [0.2, 0.25) is 0 Å². The lowest BCUT2D eigenvalue weighted by atomic mass is 9.87. The molecule has 2 atom stereocenters. The number of hydrogen-bond acceptors (Lipinski definition) is 9. The third-order valence-electron chi connectivity index (χ3n) is 11.0. The molecule has 0 radical (unpaired) electrons. The Hall–Kier alpha value is -4.01. The van der Waals surface area contributed by atoms with E-state index in [1.54, 1.807) is 37.4 Å². The van der Waals surface area contributed by atoms with Gasteiger partial charge >= 0.3 is 0 Å². The van der Waals surface area contributed by atoms with Crippen LogP contribution < -0.4 is 18.9 Å². The van der Waals surface area contributed by atoms with Crippen LogP contribution in [-0.4, -0.2) is 86.0 Å². The van der Waals surface area contributed by atoms with Crippen molar-refractivity contribution < 1.29 is 54.7 Å². The molecule has 2 heterocycles. The fraction of sp³-hybridized carbons (Fsp3) is 0.564. The van der Waals surface area contributed by atoms with Crippen molar-refractivity contribution in [3.05, 3.63) is 118 Å². The second-order valence-electron chi connectivity index (χ2n) is 21.5. The van der Waals surface area contributed by atoms with Gasteiger partial charge in [0.25, 0.3) is 0 Å². The molecule has 0 saturated carbocycles. The van der Waals surface area contributed by atoms with Crippen molar-refractivity contribution in [1.29, 1.82) is 0 Å². The average Bonchev–Trinajstić information content (AvgIpc) is 3.96. The molecule has 1 unspecified atom stereocenters. The van der Waals surface area contributed by atoms with E-state index in [4.69, 9.17) is 44.8 Å². The van der Waals surface area contributed by atoms with E-state index in [9.17, 15) is 21.6 Å². The Labute approximate surface area is 416 Å². The highest BCUT2D eigenvalue weighted by Gasteiger charge is 2.23. The van der Waals surface area contributed by atoms with Crippen molar-refractivity contribution in [2.75, 3.05) is 65.4 Å². The van der Waals surface area contributed by atoms with Gasteiger partial charge in [-0.05, 0) is 98.9 Å². The van der Waals surface area contributed by atoms with Gasteiger partial charge in [-0.3, -0.25) is 0 Å². The lowest BCUT2D eigenvalue weighted by Crippen LogP contribution is -2.17. The fourth-order valence-electron chi connectivity index (χ4n) is 6.60. The van der Waals surface area contributed by atoms with Gasteiger partial charge in [0, 0.05) is 26.2 Å². The summed E-state index contributed by atoms with van der Waals surface area (Å²) in [5.74, 6) is 0.615. The van der Waals surface area contributed by atoms with Crippen LogP contribution in [0.15, 0.2) is 72.8 Å². The molecule has 69 heavy (non-hydrogen) atoms. The summed E-state index contributed by atoms with van der Waals surface area (Å²) in [6.07, 6.45) is 3.18. The molecule has 2 aliphatic rings. The van der Waals surface area contributed by atoms with E-state index in [2.05, 4.69) is 62.3 Å². The van der Waals surface area contributed by atoms with Crippen molar-refractivity contribution in [2.45, 2.75) is 136 Å². The van der Waals surface area contributed by atoms with Crippen LogP contribution in [0.4, 0.5) is 13.2 Å². The van der Waals surface area contributed by atoms with E-state index in [-0.39, 0.29) is 63.6 Å². The van der Waals surface area contributed by atoms with Gasteiger partial charge < -0.3 is 33.2 Å². The zero-order valence-electron chi connectivity index (χ0n) is 43.5. The quantitative estimate of drug-likeness (QED) is 0.121. The van der Waals surface area contributed by atoms with Crippen LogP contribution in [0.1, 0.15) is 125 Å². The molecule has 386 valence electrons. The first-order chi connectivity index (χ1) is 32.0. The number of rotatable bonds is 13. The normalized spacial score (nSPS) is 16.3. The van der Waals surface area contributed by atoms with Crippen LogP contribution in [0.2, 0.25) is 5.02 Å². The lowest BCUT2D eigenvalue weighted by Gasteiger charge is -2.20. The zero-order valence-corrected chi connectivity index (χ0v) is 45.0. The molecule has 9 nitrogen and oxygen atoms in total. The maximum atomic E-state index is 13.9. The second-order valence-corrected chi connectivity index (χ2v) is 24.1. The third kappa shape index (κ3) is 21.5. The summed E-state index contributed by atoms with van der Waals surface area (Å²) in [5, 5.41) is 0.643. The summed E-state index contributed by atoms with van der Waals surface area (Å²) >= 11 is 6.06. The minimum Gasteiger partial charge on any atom is -0.490 e. The monoisotopic (exact) mass is 1010 g/mol. The molecule has 0 amide bonds. The number of hydrogen-bond donors (Lipinski definition) is 0. The lowest BCUT2D eigenvalue weighted by molar-refractivity contribution is 0.138. The average molecular weight is 1010 g/mol. The topological polar surface area (TPSA) is 98.8 Å². The number of halogens is 4. The van der Waals surface area contributed by atoms with E-state index in [1.165, 1.54) is 17.9 Å². The minimum atomic E-state index is -2.99. The first kappa shape index (κ1) is 59.3. The number of sulfone groups is 1. The van der Waals surface area contributed by atoms with Crippen molar-refractivity contribution in [3.8, 4) is 23.0 Å². The Balaban J connectivity index is 0.000000244.